The van der Waals surface area contributed by atoms with Gasteiger partial charge in [-0.05, 0) is 30.5 Å². The Morgan fingerprint density at radius 1 is 1.38 bits per heavy atom. The Morgan fingerprint density at radius 3 is 2.48 bits per heavy atom. The zero-order valence-corrected chi connectivity index (χ0v) is 13.4. The largest absolute Gasteiger partial charge is 0.345 e. The number of primary sulfonamides is 1. The van der Waals surface area contributed by atoms with Crippen molar-refractivity contribution in [1.29, 1.82) is 0 Å². The second-order valence-corrected chi connectivity index (χ2v) is 7.35. The van der Waals surface area contributed by atoms with Crippen molar-refractivity contribution >= 4 is 15.9 Å². The fraction of sp³-hybridized carbons (Fsp3) is 0.500. The highest BCUT2D eigenvalue weighted by atomic mass is 32.2. The van der Waals surface area contributed by atoms with Gasteiger partial charge < -0.3 is 11.1 Å². The van der Waals surface area contributed by atoms with Gasteiger partial charge >= 0.3 is 0 Å². The first-order valence-electron chi connectivity index (χ1n) is 6.69. The van der Waals surface area contributed by atoms with E-state index in [9.17, 15) is 13.2 Å². The van der Waals surface area contributed by atoms with E-state index < -0.39 is 15.6 Å². The lowest BCUT2D eigenvalue weighted by Gasteiger charge is -2.33. The summed E-state index contributed by atoms with van der Waals surface area (Å²) < 4.78 is 22.2. The van der Waals surface area contributed by atoms with Crippen LogP contribution in [0.2, 0.25) is 0 Å². The fourth-order valence-corrected chi connectivity index (χ4v) is 2.44. The Balaban J connectivity index is 2.96. The van der Waals surface area contributed by atoms with E-state index in [4.69, 9.17) is 10.9 Å². The minimum Gasteiger partial charge on any atom is -0.345 e. The van der Waals surface area contributed by atoms with Crippen molar-refractivity contribution in [2.45, 2.75) is 32.1 Å². The van der Waals surface area contributed by atoms with Crippen LogP contribution in [-0.2, 0) is 15.8 Å². The van der Waals surface area contributed by atoms with Crippen LogP contribution in [0.4, 0.5) is 0 Å². The molecule has 0 heterocycles. The summed E-state index contributed by atoms with van der Waals surface area (Å²) in [6.07, 6.45) is 0. The molecule has 5 N–H and O–H groups in total. The van der Waals surface area contributed by atoms with Crippen LogP contribution in [0.5, 0.6) is 0 Å². The number of carbonyl (C=O) groups excluding carboxylic acids is 1. The molecule has 0 saturated carbocycles. The first-order chi connectivity index (χ1) is 9.57. The van der Waals surface area contributed by atoms with Crippen LogP contribution in [0.1, 0.15) is 36.7 Å². The first kappa shape index (κ1) is 17.6. The molecule has 1 rings (SSSR count). The van der Waals surface area contributed by atoms with Crippen molar-refractivity contribution in [3.8, 4) is 0 Å². The Labute approximate surface area is 126 Å². The third kappa shape index (κ3) is 5.11. The van der Waals surface area contributed by atoms with Gasteiger partial charge in [-0.2, -0.15) is 0 Å². The summed E-state index contributed by atoms with van der Waals surface area (Å²) in [6, 6.07) is 6.40. The van der Waals surface area contributed by atoms with Gasteiger partial charge in [0.15, 0.2) is 0 Å². The van der Waals surface area contributed by atoms with Gasteiger partial charge in [0, 0.05) is 12.1 Å². The van der Waals surface area contributed by atoms with Gasteiger partial charge in [0.1, 0.15) is 0 Å². The van der Waals surface area contributed by atoms with Crippen LogP contribution >= 0.6 is 0 Å². The molecule has 0 aliphatic carbocycles. The molecule has 1 amide bonds. The Bertz CT molecular complexity index is 614. The second-order valence-electron chi connectivity index (χ2n) is 5.74. The van der Waals surface area contributed by atoms with E-state index in [1.807, 2.05) is 20.8 Å². The molecule has 0 aliphatic rings. The van der Waals surface area contributed by atoms with Crippen molar-refractivity contribution in [1.82, 2.24) is 5.32 Å². The van der Waals surface area contributed by atoms with Gasteiger partial charge in [-0.3, -0.25) is 4.79 Å². The maximum Gasteiger partial charge on any atom is 0.251 e. The minimum absolute atomic E-state index is 0.166. The van der Waals surface area contributed by atoms with Crippen LogP contribution in [0, 0.1) is 5.92 Å². The van der Waals surface area contributed by atoms with Crippen LogP contribution in [0.25, 0.3) is 0 Å². The van der Waals surface area contributed by atoms with E-state index in [-0.39, 0.29) is 17.6 Å². The van der Waals surface area contributed by atoms with Gasteiger partial charge in [0.25, 0.3) is 5.91 Å². The molecule has 0 fully saturated rings. The third-order valence-corrected chi connectivity index (χ3v) is 4.39. The average Bonchev–Trinajstić information content (AvgIpc) is 2.36. The smallest absolute Gasteiger partial charge is 0.251 e. The standard InChI is InChI=1S/C14H23N3O3S/c1-10(2)14(3,9-15)17-13(18)12-6-4-5-11(7-12)8-21(16,19)20/h4-7,10H,8-9,15H2,1-3H3,(H,17,18)(H2,16,19,20). The molecule has 118 valence electrons. The number of rotatable bonds is 6. The Morgan fingerprint density at radius 2 is 2.00 bits per heavy atom. The zero-order valence-electron chi connectivity index (χ0n) is 12.6. The van der Waals surface area contributed by atoms with E-state index in [1.165, 1.54) is 6.07 Å². The van der Waals surface area contributed by atoms with Crippen molar-refractivity contribution < 1.29 is 13.2 Å². The summed E-state index contributed by atoms with van der Waals surface area (Å²) in [4.78, 5) is 12.3. The molecule has 21 heavy (non-hydrogen) atoms. The molecule has 1 aromatic rings. The monoisotopic (exact) mass is 313 g/mol. The predicted octanol–water partition coefficient (Wildman–Crippen LogP) is 0.578. The van der Waals surface area contributed by atoms with E-state index in [1.54, 1.807) is 18.2 Å². The summed E-state index contributed by atoms with van der Waals surface area (Å²) in [5, 5.41) is 7.92. The first-order valence-corrected chi connectivity index (χ1v) is 8.41. The number of benzene rings is 1. The summed E-state index contributed by atoms with van der Waals surface area (Å²) in [5.74, 6) is -0.418. The molecule has 0 aliphatic heterocycles. The highest BCUT2D eigenvalue weighted by Gasteiger charge is 2.28. The van der Waals surface area contributed by atoms with Gasteiger partial charge in [-0.1, -0.05) is 26.0 Å². The molecular weight excluding hydrogens is 290 g/mol. The molecule has 0 bridgehead atoms. The van der Waals surface area contributed by atoms with Crippen LogP contribution in [0.3, 0.4) is 0 Å². The minimum atomic E-state index is -3.62. The SMILES string of the molecule is CC(C)C(C)(CN)NC(=O)c1cccc(CS(N)(=O)=O)c1. The Kier molecular flexibility index (Phi) is 5.49. The topological polar surface area (TPSA) is 115 Å². The molecule has 1 atom stereocenters. The maximum atomic E-state index is 12.3. The number of nitrogens with one attached hydrogen (secondary N) is 1. The lowest BCUT2D eigenvalue weighted by molar-refractivity contribution is 0.0883. The molecule has 0 aromatic heterocycles. The molecule has 0 saturated heterocycles. The maximum absolute atomic E-state index is 12.3. The van der Waals surface area contributed by atoms with Crippen molar-refractivity contribution in [3.63, 3.8) is 0 Å². The summed E-state index contributed by atoms with van der Waals surface area (Å²) in [6.45, 7) is 6.14. The summed E-state index contributed by atoms with van der Waals surface area (Å²) >= 11 is 0. The molecule has 1 aromatic carbocycles. The van der Waals surface area contributed by atoms with E-state index in [0.29, 0.717) is 17.7 Å². The lowest BCUT2D eigenvalue weighted by atomic mass is 9.88. The number of nitrogens with two attached hydrogens (primary N) is 2. The summed E-state index contributed by atoms with van der Waals surface area (Å²) in [5.41, 5.74) is 6.08. The number of amides is 1. The highest BCUT2D eigenvalue weighted by molar-refractivity contribution is 7.88. The molecule has 7 heteroatoms. The van der Waals surface area contributed by atoms with Gasteiger partial charge in [0.2, 0.25) is 10.0 Å². The van der Waals surface area contributed by atoms with Gasteiger partial charge in [0.05, 0.1) is 11.3 Å². The van der Waals surface area contributed by atoms with Gasteiger partial charge in [-0.15, -0.1) is 0 Å². The van der Waals surface area contributed by atoms with Crippen molar-refractivity contribution in [2.24, 2.45) is 16.8 Å². The molecule has 6 nitrogen and oxygen atoms in total. The Hall–Kier alpha value is -1.44. The van der Waals surface area contributed by atoms with Crippen molar-refractivity contribution in [3.05, 3.63) is 35.4 Å². The molecular formula is C14H23N3O3S. The quantitative estimate of drug-likeness (QED) is 0.712. The van der Waals surface area contributed by atoms with E-state index in [0.717, 1.165) is 0 Å². The molecule has 1 unspecified atom stereocenters. The van der Waals surface area contributed by atoms with Crippen LogP contribution in [0.15, 0.2) is 24.3 Å². The molecule has 0 spiro atoms. The average molecular weight is 313 g/mol. The van der Waals surface area contributed by atoms with Crippen LogP contribution < -0.4 is 16.2 Å². The van der Waals surface area contributed by atoms with E-state index in [2.05, 4.69) is 5.32 Å². The number of carbonyl (C=O) groups is 1. The van der Waals surface area contributed by atoms with E-state index >= 15 is 0 Å². The third-order valence-electron chi connectivity index (χ3n) is 3.65. The zero-order chi connectivity index (χ0) is 16.3. The summed E-state index contributed by atoms with van der Waals surface area (Å²) in [7, 11) is -3.62. The normalized spacial score (nSPS) is 14.8. The fourth-order valence-electron chi connectivity index (χ4n) is 1.80. The lowest BCUT2D eigenvalue weighted by Crippen LogP contribution is -2.55. The second kappa shape index (κ2) is 6.55. The van der Waals surface area contributed by atoms with Crippen LogP contribution in [-0.4, -0.2) is 26.4 Å². The van der Waals surface area contributed by atoms with Gasteiger partial charge in [-0.25, -0.2) is 13.6 Å². The number of hydrogen-bond acceptors (Lipinski definition) is 4. The van der Waals surface area contributed by atoms with Crippen molar-refractivity contribution in [2.75, 3.05) is 6.54 Å². The molecule has 0 radical (unpaired) electrons. The number of sulfonamides is 1. The number of hydrogen-bond donors (Lipinski definition) is 3. The highest BCUT2D eigenvalue weighted by Crippen LogP contribution is 2.16. The predicted molar refractivity (Wildman–Crippen MR) is 83.0 cm³/mol.